The second-order valence-corrected chi connectivity index (χ2v) is 4.26. The summed E-state index contributed by atoms with van der Waals surface area (Å²) in [6.45, 7) is 0.307. The normalized spacial score (nSPS) is 11.4. The van der Waals surface area contributed by atoms with Gasteiger partial charge in [-0.2, -0.15) is 13.2 Å². The van der Waals surface area contributed by atoms with E-state index >= 15 is 0 Å². The highest BCUT2D eigenvalue weighted by molar-refractivity contribution is 7.07. The maximum Gasteiger partial charge on any atom is 0.451 e. The van der Waals surface area contributed by atoms with Crippen LogP contribution in [0, 0.1) is 0 Å². The van der Waals surface area contributed by atoms with Gasteiger partial charge >= 0.3 is 6.18 Å². The standard InChI is InChI=1S/C10H10F3N5S/c1-14-7-2-8(15-3-6-4-19-5-16-6)18-9(17-7)10(11,12)13/h2,4-5H,3H2,1H3,(H2,14,15,17,18). The quantitative estimate of drug-likeness (QED) is 0.906. The Kier molecular flexibility index (Phi) is 3.84. The van der Waals surface area contributed by atoms with Crippen molar-refractivity contribution in [1.29, 1.82) is 0 Å². The second kappa shape index (κ2) is 5.39. The molecule has 0 unspecified atom stereocenters. The third kappa shape index (κ3) is 3.53. The van der Waals surface area contributed by atoms with Gasteiger partial charge in [-0.15, -0.1) is 11.3 Å². The lowest BCUT2D eigenvalue weighted by Crippen LogP contribution is -2.14. The molecule has 2 aromatic heterocycles. The molecule has 0 spiro atoms. The minimum absolute atomic E-state index is 0.0969. The molecule has 0 aliphatic carbocycles. The molecule has 0 atom stereocenters. The number of nitrogens with zero attached hydrogens (tertiary/aromatic N) is 3. The van der Waals surface area contributed by atoms with Gasteiger partial charge in [-0.05, 0) is 0 Å². The Balaban J connectivity index is 2.19. The molecule has 0 aromatic carbocycles. The number of halogens is 3. The SMILES string of the molecule is CNc1cc(NCc2cscn2)nc(C(F)(F)F)n1. The Morgan fingerprint density at radius 3 is 2.58 bits per heavy atom. The molecular weight excluding hydrogens is 279 g/mol. The molecular formula is C10H10F3N5S. The van der Waals surface area contributed by atoms with Gasteiger partial charge < -0.3 is 10.6 Å². The van der Waals surface area contributed by atoms with Crippen molar-refractivity contribution in [2.45, 2.75) is 12.7 Å². The van der Waals surface area contributed by atoms with E-state index in [1.807, 2.05) is 0 Å². The summed E-state index contributed by atoms with van der Waals surface area (Å²) in [5, 5.41) is 7.16. The number of alkyl halides is 3. The highest BCUT2D eigenvalue weighted by Gasteiger charge is 2.35. The molecule has 0 saturated carbocycles. The summed E-state index contributed by atoms with van der Waals surface area (Å²) in [5.41, 5.74) is 2.39. The molecule has 0 radical (unpaired) electrons. The van der Waals surface area contributed by atoms with Gasteiger partial charge in [0.25, 0.3) is 0 Å². The Bertz CT molecular complexity index is 541. The van der Waals surface area contributed by atoms with E-state index in [4.69, 9.17) is 0 Å². The molecule has 5 nitrogen and oxygen atoms in total. The minimum atomic E-state index is -4.58. The first-order valence-electron chi connectivity index (χ1n) is 5.24. The van der Waals surface area contributed by atoms with Gasteiger partial charge in [0, 0.05) is 18.5 Å². The van der Waals surface area contributed by atoms with Crippen molar-refractivity contribution >= 4 is 23.0 Å². The van der Waals surface area contributed by atoms with E-state index in [0.29, 0.717) is 6.54 Å². The number of anilines is 2. The number of hydrogen-bond acceptors (Lipinski definition) is 6. The summed E-state index contributed by atoms with van der Waals surface area (Å²) in [5.74, 6) is -0.983. The highest BCUT2D eigenvalue weighted by Crippen LogP contribution is 2.28. The van der Waals surface area contributed by atoms with Crippen molar-refractivity contribution in [3.63, 3.8) is 0 Å². The number of rotatable bonds is 4. The molecule has 0 bridgehead atoms. The average Bonchev–Trinajstić information content (AvgIpc) is 2.88. The fourth-order valence-electron chi connectivity index (χ4n) is 1.30. The average molecular weight is 289 g/mol. The molecule has 0 aliphatic rings. The zero-order valence-electron chi connectivity index (χ0n) is 9.82. The lowest BCUT2D eigenvalue weighted by molar-refractivity contribution is -0.144. The van der Waals surface area contributed by atoms with Crippen molar-refractivity contribution in [2.75, 3.05) is 17.7 Å². The largest absolute Gasteiger partial charge is 0.451 e. The van der Waals surface area contributed by atoms with Crippen molar-refractivity contribution in [2.24, 2.45) is 0 Å². The maximum atomic E-state index is 12.6. The summed E-state index contributed by atoms with van der Waals surface area (Å²) in [4.78, 5) is 10.8. The fraction of sp³-hybridized carbons (Fsp3) is 0.300. The number of thiazole rings is 1. The Morgan fingerprint density at radius 2 is 2.00 bits per heavy atom. The van der Waals surface area contributed by atoms with Gasteiger partial charge in [-0.3, -0.25) is 0 Å². The Morgan fingerprint density at radius 1 is 1.26 bits per heavy atom. The van der Waals surface area contributed by atoms with Crippen LogP contribution in [0.25, 0.3) is 0 Å². The van der Waals surface area contributed by atoms with Gasteiger partial charge in [-0.25, -0.2) is 15.0 Å². The van der Waals surface area contributed by atoms with E-state index in [1.165, 1.54) is 24.5 Å². The molecule has 0 aliphatic heterocycles. The predicted molar refractivity (Wildman–Crippen MR) is 66.0 cm³/mol. The van der Waals surface area contributed by atoms with Crippen LogP contribution in [0.15, 0.2) is 17.0 Å². The zero-order valence-corrected chi connectivity index (χ0v) is 10.6. The van der Waals surface area contributed by atoms with Crippen LogP contribution in [0.4, 0.5) is 24.8 Å². The molecule has 0 amide bonds. The smallest absolute Gasteiger partial charge is 0.373 e. The number of aromatic nitrogens is 3. The zero-order chi connectivity index (χ0) is 13.9. The molecule has 2 aromatic rings. The molecule has 9 heteroatoms. The van der Waals surface area contributed by atoms with E-state index in [0.717, 1.165) is 5.69 Å². The second-order valence-electron chi connectivity index (χ2n) is 3.54. The van der Waals surface area contributed by atoms with Gasteiger partial charge in [0.1, 0.15) is 11.6 Å². The van der Waals surface area contributed by atoms with Crippen LogP contribution < -0.4 is 10.6 Å². The van der Waals surface area contributed by atoms with Gasteiger partial charge in [0.05, 0.1) is 17.7 Å². The van der Waals surface area contributed by atoms with Crippen LogP contribution in [-0.4, -0.2) is 22.0 Å². The van der Waals surface area contributed by atoms with Crippen LogP contribution >= 0.6 is 11.3 Å². The van der Waals surface area contributed by atoms with Crippen molar-refractivity contribution in [1.82, 2.24) is 15.0 Å². The third-order valence-electron chi connectivity index (χ3n) is 2.17. The van der Waals surface area contributed by atoms with E-state index < -0.39 is 12.0 Å². The molecule has 19 heavy (non-hydrogen) atoms. The monoisotopic (exact) mass is 289 g/mol. The van der Waals surface area contributed by atoms with E-state index in [1.54, 1.807) is 10.9 Å². The minimum Gasteiger partial charge on any atom is -0.373 e. The topological polar surface area (TPSA) is 62.7 Å². The number of hydrogen-bond donors (Lipinski definition) is 2. The Hall–Kier alpha value is -1.90. The molecule has 2 rings (SSSR count). The van der Waals surface area contributed by atoms with Crippen LogP contribution in [0.3, 0.4) is 0 Å². The van der Waals surface area contributed by atoms with E-state index in [2.05, 4.69) is 25.6 Å². The summed E-state index contributed by atoms with van der Waals surface area (Å²) in [6.07, 6.45) is -4.58. The summed E-state index contributed by atoms with van der Waals surface area (Å²) in [7, 11) is 1.49. The fourth-order valence-corrected chi connectivity index (χ4v) is 1.86. The summed E-state index contributed by atoms with van der Waals surface area (Å²) >= 11 is 1.41. The first-order chi connectivity index (χ1) is 8.99. The van der Waals surface area contributed by atoms with Gasteiger partial charge in [0.15, 0.2) is 0 Å². The van der Waals surface area contributed by atoms with Crippen LogP contribution in [0.5, 0.6) is 0 Å². The van der Waals surface area contributed by atoms with Gasteiger partial charge in [0.2, 0.25) is 5.82 Å². The van der Waals surface area contributed by atoms with Crippen molar-refractivity contribution in [3.05, 3.63) is 28.5 Å². The lowest BCUT2D eigenvalue weighted by atomic mass is 10.4. The van der Waals surface area contributed by atoms with Crippen molar-refractivity contribution < 1.29 is 13.2 Å². The molecule has 102 valence electrons. The first kappa shape index (κ1) is 13.5. The summed E-state index contributed by atoms with van der Waals surface area (Å²) < 4.78 is 37.8. The highest BCUT2D eigenvalue weighted by atomic mass is 32.1. The Labute approximate surface area is 110 Å². The molecule has 2 N–H and O–H groups in total. The van der Waals surface area contributed by atoms with E-state index in [-0.39, 0.29) is 11.6 Å². The lowest BCUT2D eigenvalue weighted by Gasteiger charge is -2.10. The maximum absolute atomic E-state index is 12.6. The van der Waals surface area contributed by atoms with E-state index in [9.17, 15) is 13.2 Å². The van der Waals surface area contributed by atoms with Crippen LogP contribution in [0.2, 0.25) is 0 Å². The van der Waals surface area contributed by atoms with Crippen LogP contribution in [0.1, 0.15) is 11.5 Å². The molecule has 0 fully saturated rings. The predicted octanol–water partition coefficient (Wildman–Crippen LogP) is 2.61. The molecule has 0 saturated heterocycles. The third-order valence-corrected chi connectivity index (χ3v) is 2.81. The summed E-state index contributed by atoms with van der Waals surface area (Å²) in [6, 6.07) is 1.40. The number of nitrogens with one attached hydrogen (secondary N) is 2. The molecule has 2 heterocycles. The van der Waals surface area contributed by atoms with Crippen molar-refractivity contribution in [3.8, 4) is 0 Å². The van der Waals surface area contributed by atoms with Crippen LogP contribution in [-0.2, 0) is 12.7 Å². The first-order valence-corrected chi connectivity index (χ1v) is 6.18. The van der Waals surface area contributed by atoms with Gasteiger partial charge in [-0.1, -0.05) is 0 Å².